The molecule has 0 spiro atoms. The molecule has 0 aromatic heterocycles. The Balaban J connectivity index is 2.87. The fourth-order valence-corrected chi connectivity index (χ4v) is 2.39. The molecule has 1 N–H and O–H groups in total. The topological polar surface area (TPSA) is 35.8 Å². The lowest BCUT2D eigenvalue weighted by Gasteiger charge is -2.46. The molecule has 74 valence electrons. The van der Waals surface area contributed by atoms with Crippen LogP contribution in [0, 0.1) is 16.7 Å². The van der Waals surface area contributed by atoms with Gasteiger partial charge in [0.05, 0.1) is 6.07 Å². The van der Waals surface area contributed by atoms with E-state index in [0.717, 1.165) is 19.4 Å². The third kappa shape index (κ3) is 1.71. The van der Waals surface area contributed by atoms with Gasteiger partial charge in [0.25, 0.3) is 0 Å². The van der Waals surface area contributed by atoms with Crippen molar-refractivity contribution in [3.05, 3.63) is 0 Å². The van der Waals surface area contributed by atoms with Crippen molar-refractivity contribution in [1.82, 2.24) is 5.32 Å². The molecule has 1 rings (SSSR count). The molecule has 1 aliphatic rings. The molecule has 1 unspecified atom stereocenters. The number of nitriles is 1. The standard InChI is InChI=1S/C11H20N2/c1-4-13-11(9-12)8-6-5-7-10(11,2)3/h13H,4-8H2,1-3H3. The zero-order valence-corrected chi connectivity index (χ0v) is 8.98. The zero-order valence-electron chi connectivity index (χ0n) is 8.98. The van der Waals surface area contributed by atoms with Crippen LogP contribution in [-0.4, -0.2) is 12.1 Å². The Morgan fingerprint density at radius 2 is 1.92 bits per heavy atom. The van der Waals surface area contributed by atoms with Gasteiger partial charge < -0.3 is 0 Å². The first-order valence-electron chi connectivity index (χ1n) is 5.24. The second-order valence-electron chi connectivity index (χ2n) is 4.64. The highest BCUT2D eigenvalue weighted by Crippen LogP contribution is 2.43. The highest BCUT2D eigenvalue weighted by Gasteiger charge is 2.46. The highest BCUT2D eigenvalue weighted by atomic mass is 15.0. The van der Waals surface area contributed by atoms with Crippen LogP contribution in [0.4, 0.5) is 0 Å². The predicted octanol–water partition coefficient (Wildman–Crippen LogP) is 2.46. The molecule has 0 bridgehead atoms. The van der Waals surface area contributed by atoms with Crippen LogP contribution in [0.25, 0.3) is 0 Å². The van der Waals surface area contributed by atoms with Crippen molar-refractivity contribution in [2.24, 2.45) is 5.41 Å². The minimum absolute atomic E-state index is 0.121. The molecule has 0 amide bonds. The van der Waals surface area contributed by atoms with Gasteiger partial charge in [-0.25, -0.2) is 0 Å². The summed E-state index contributed by atoms with van der Waals surface area (Å²) in [7, 11) is 0. The third-order valence-electron chi connectivity index (χ3n) is 3.43. The van der Waals surface area contributed by atoms with Gasteiger partial charge in [-0.1, -0.05) is 33.6 Å². The van der Waals surface area contributed by atoms with Gasteiger partial charge in [0.2, 0.25) is 0 Å². The third-order valence-corrected chi connectivity index (χ3v) is 3.43. The Morgan fingerprint density at radius 3 is 2.38 bits per heavy atom. The summed E-state index contributed by atoms with van der Waals surface area (Å²) >= 11 is 0. The molecule has 0 aromatic rings. The minimum atomic E-state index is -0.278. The fourth-order valence-electron chi connectivity index (χ4n) is 2.39. The average Bonchev–Trinajstić information content (AvgIpc) is 2.09. The predicted molar refractivity (Wildman–Crippen MR) is 54.3 cm³/mol. The number of hydrogen-bond donors (Lipinski definition) is 1. The Hall–Kier alpha value is -0.550. The van der Waals surface area contributed by atoms with Gasteiger partial charge in [-0.3, -0.25) is 5.32 Å². The Kier molecular flexibility index (Phi) is 2.98. The van der Waals surface area contributed by atoms with E-state index in [1.54, 1.807) is 0 Å². The summed E-state index contributed by atoms with van der Waals surface area (Å²) in [6, 6.07) is 2.50. The van der Waals surface area contributed by atoms with Crippen molar-refractivity contribution in [3.63, 3.8) is 0 Å². The van der Waals surface area contributed by atoms with Crippen LogP contribution in [0.15, 0.2) is 0 Å². The second kappa shape index (κ2) is 3.67. The van der Waals surface area contributed by atoms with Gasteiger partial charge in [0.1, 0.15) is 5.54 Å². The Labute approximate surface area is 81.3 Å². The van der Waals surface area contributed by atoms with Crippen molar-refractivity contribution in [2.75, 3.05) is 6.54 Å². The lowest BCUT2D eigenvalue weighted by molar-refractivity contribution is 0.112. The Bertz CT molecular complexity index is 211. The second-order valence-corrected chi connectivity index (χ2v) is 4.64. The molecule has 1 saturated carbocycles. The lowest BCUT2D eigenvalue weighted by atomic mass is 9.64. The van der Waals surface area contributed by atoms with E-state index in [4.69, 9.17) is 0 Å². The molecule has 13 heavy (non-hydrogen) atoms. The maximum absolute atomic E-state index is 9.30. The van der Waals surface area contributed by atoms with E-state index in [0.29, 0.717) is 0 Å². The molecule has 2 nitrogen and oxygen atoms in total. The van der Waals surface area contributed by atoms with Crippen LogP contribution in [0.1, 0.15) is 46.5 Å². The average molecular weight is 180 g/mol. The van der Waals surface area contributed by atoms with E-state index >= 15 is 0 Å². The fraction of sp³-hybridized carbons (Fsp3) is 0.909. The van der Waals surface area contributed by atoms with E-state index in [1.165, 1.54) is 12.8 Å². The van der Waals surface area contributed by atoms with Crippen LogP contribution in [-0.2, 0) is 0 Å². The maximum Gasteiger partial charge on any atom is 0.111 e. The van der Waals surface area contributed by atoms with Crippen LogP contribution in [0.5, 0.6) is 0 Å². The van der Waals surface area contributed by atoms with Crippen LogP contribution in [0.2, 0.25) is 0 Å². The number of nitrogens with one attached hydrogen (secondary N) is 1. The highest BCUT2D eigenvalue weighted by molar-refractivity contribution is 5.16. The van der Waals surface area contributed by atoms with Crippen molar-refractivity contribution in [1.29, 1.82) is 5.26 Å². The van der Waals surface area contributed by atoms with Gasteiger partial charge in [-0.2, -0.15) is 5.26 Å². The van der Waals surface area contributed by atoms with Crippen molar-refractivity contribution in [2.45, 2.75) is 52.0 Å². The van der Waals surface area contributed by atoms with E-state index < -0.39 is 0 Å². The number of nitrogens with zero attached hydrogens (tertiary/aromatic N) is 1. The molecule has 0 aromatic carbocycles. The number of rotatable bonds is 2. The van der Waals surface area contributed by atoms with Crippen LogP contribution < -0.4 is 5.32 Å². The summed E-state index contributed by atoms with van der Waals surface area (Å²) in [4.78, 5) is 0. The van der Waals surface area contributed by atoms with Crippen molar-refractivity contribution in [3.8, 4) is 6.07 Å². The smallest absolute Gasteiger partial charge is 0.111 e. The molecular weight excluding hydrogens is 160 g/mol. The SMILES string of the molecule is CCNC1(C#N)CCCCC1(C)C. The van der Waals surface area contributed by atoms with Gasteiger partial charge in [-0.15, -0.1) is 0 Å². The molecule has 1 fully saturated rings. The van der Waals surface area contributed by atoms with Gasteiger partial charge in [0, 0.05) is 0 Å². The summed E-state index contributed by atoms with van der Waals surface area (Å²) in [5.41, 5.74) is -0.157. The van der Waals surface area contributed by atoms with E-state index in [2.05, 4.69) is 32.2 Å². The first-order chi connectivity index (χ1) is 6.08. The molecule has 2 heteroatoms. The zero-order chi connectivity index (χ0) is 9.95. The summed E-state index contributed by atoms with van der Waals surface area (Å²) < 4.78 is 0. The summed E-state index contributed by atoms with van der Waals surface area (Å²) in [5, 5.41) is 12.7. The van der Waals surface area contributed by atoms with Crippen LogP contribution in [0.3, 0.4) is 0 Å². The normalized spacial score (nSPS) is 32.5. The van der Waals surface area contributed by atoms with E-state index in [-0.39, 0.29) is 11.0 Å². The summed E-state index contributed by atoms with van der Waals surface area (Å²) in [5.74, 6) is 0. The monoisotopic (exact) mass is 180 g/mol. The van der Waals surface area contributed by atoms with Crippen molar-refractivity contribution >= 4 is 0 Å². The summed E-state index contributed by atoms with van der Waals surface area (Å²) in [6.07, 6.45) is 4.61. The van der Waals surface area contributed by atoms with Gasteiger partial charge in [-0.05, 0) is 24.8 Å². The Morgan fingerprint density at radius 1 is 1.31 bits per heavy atom. The maximum atomic E-state index is 9.30. The largest absolute Gasteiger partial charge is 0.299 e. The van der Waals surface area contributed by atoms with Gasteiger partial charge in [0.15, 0.2) is 0 Å². The van der Waals surface area contributed by atoms with E-state index in [9.17, 15) is 5.26 Å². The molecule has 0 heterocycles. The van der Waals surface area contributed by atoms with Gasteiger partial charge >= 0.3 is 0 Å². The first-order valence-corrected chi connectivity index (χ1v) is 5.24. The molecule has 0 radical (unpaired) electrons. The molecule has 0 aliphatic heterocycles. The van der Waals surface area contributed by atoms with Crippen LogP contribution >= 0.6 is 0 Å². The number of hydrogen-bond acceptors (Lipinski definition) is 2. The quantitative estimate of drug-likeness (QED) is 0.708. The molecular formula is C11H20N2. The van der Waals surface area contributed by atoms with E-state index in [1.807, 2.05) is 0 Å². The summed E-state index contributed by atoms with van der Waals surface area (Å²) in [6.45, 7) is 7.37. The van der Waals surface area contributed by atoms with Crippen molar-refractivity contribution < 1.29 is 0 Å². The first kappa shape index (κ1) is 10.5. The molecule has 1 atom stereocenters. The molecule has 1 aliphatic carbocycles. The molecule has 0 saturated heterocycles. The minimum Gasteiger partial charge on any atom is -0.299 e. The lowest BCUT2D eigenvalue weighted by Crippen LogP contribution is -2.56.